The van der Waals surface area contributed by atoms with Crippen LogP contribution in [0.15, 0.2) is 41.7 Å². The van der Waals surface area contributed by atoms with Crippen LogP contribution in [0.2, 0.25) is 0 Å². The molecule has 126 valence electrons. The quantitative estimate of drug-likeness (QED) is 0.876. The maximum atomic E-state index is 12.2. The first-order valence-electron chi connectivity index (χ1n) is 8.53. The summed E-state index contributed by atoms with van der Waals surface area (Å²) >= 11 is 1.98. The van der Waals surface area contributed by atoms with E-state index >= 15 is 0 Å². The fourth-order valence-corrected chi connectivity index (χ4v) is 4.35. The minimum Gasteiger partial charge on any atom is -0.326 e. The van der Waals surface area contributed by atoms with E-state index in [-0.39, 0.29) is 12.3 Å². The summed E-state index contributed by atoms with van der Waals surface area (Å²) < 4.78 is 0. The maximum Gasteiger partial charge on any atom is 0.230 e. The van der Waals surface area contributed by atoms with E-state index in [0.29, 0.717) is 5.69 Å². The van der Waals surface area contributed by atoms with Gasteiger partial charge in [-0.25, -0.2) is 0 Å². The molecule has 0 unspecified atom stereocenters. The lowest BCUT2D eigenvalue weighted by Gasteiger charge is -2.21. The molecule has 1 amide bonds. The van der Waals surface area contributed by atoms with Crippen LogP contribution in [0.5, 0.6) is 0 Å². The zero-order valence-corrected chi connectivity index (χ0v) is 14.8. The highest BCUT2D eigenvalue weighted by molar-refractivity contribution is 8.00. The monoisotopic (exact) mass is 341 g/mol. The zero-order chi connectivity index (χ0) is 16.8. The highest BCUT2D eigenvalue weighted by Crippen LogP contribution is 2.34. The molecule has 0 atom stereocenters. The number of benzene rings is 1. The number of thioether (sulfide) groups is 1. The Labute approximate surface area is 147 Å². The van der Waals surface area contributed by atoms with Crippen molar-refractivity contribution in [2.24, 2.45) is 0 Å². The van der Waals surface area contributed by atoms with E-state index < -0.39 is 0 Å². The number of anilines is 1. The zero-order valence-electron chi connectivity index (χ0n) is 14.0. The van der Waals surface area contributed by atoms with Gasteiger partial charge in [-0.3, -0.25) is 14.8 Å². The van der Waals surface area contributed by atoms with Gasteiger partial charge in [0.05, 0.1) is 12.1 Å². The van der Waals surface area contributed by atoms with Crippen molar-refractivity contribution in [1.29, 1.82) is 0 Å². The molecule has 1 aromatic carbocycles. The number of carbonyl (C=O) groups is 1. The SMILES string of the molecule is Cc1cc(SC2CCCCC2)ccc1NC(=O)Cc1cnccn1. The summed E-state index contributed by atoms with van der Waals surface area (Å²) in [6.45, 7) is 2.04. The van der Waals surface area contributed by atoms with Gasteiger partial charge in [-0.15, -0.1) is 11.8 Å². The average molecular weight is 341 g/mol. The predicted molar refractivity (Wildman–Crippen MR) is 98.3 cm³/mol. The van der Waals surface area contributed by atoms with Crippen LogP contribution in [-0.2, 0) is 11.2 Å². The predicted octanol–water partition coefficient (Wildman–Crippen LogP) is 4.39. The van der Waals surface area contributed by atoms with E-state index in [1.54, 1.807) is 18.6 Å². The second-order valence-corrected chi connectivity index (χ2v) is 7.65. The number of hydrogen-bond donors (Lipinski definition) is 1. The summed E-state index contributed by atoms with van der Waals surface area (Å²) in [4.78, 5) is 21.6. The first-order valence-corrected chi connectivity index (χ1v) is 9.41. The van der Waals surface area contributed by atoms with Crippen LogP contribution in [0, 0.1) is 6.92 Å². The van der Waals surface area contributed by atoms with Crippen LogP contribution in [0.3, 0.4) is 0 Å². The molecule has 2 aromatic rings. The molecular weight excluding hydrogens is 318 g/mol. The van der Waals surface area contributed by atoms with Gasteiger partial charge in [0, 0.05) is 34.4 Å². The molecule has 5 heteroatoms. The van der Waals surface area contributed by atoms with E-state index in [1.165, 1.54) is 37.0 Å². The van der Waals surface area contributed by atoms with Gasteiger partial charge in [0.1, 0.15) is 0 Å². The average Bonchev–Trinajstić information content (AvgIpc) is 2.59. The topological polar surface area (TPSA) is 54.9 Å². The molecule has 0 spiro atoms. The van der Waals surface area contributed by atoms with Crippen LogP contribution in [0.4, 0.5) is 5.69 Å². The molecule has 0 bridgehead atoms. The fraction of sp³-hybridized carbons (Fsp3) is 0.421. The van der Waals surface area contributed by atoms with Crippen molar-refractivity contribution in [3.05, 3.63) is 48.0 Å². The molecule has 24 heavy (non-hydrogen) atoms. The number of aryl methyl sites for hydroxylation is 1. The van der Waals surface area contributed by atoms with Crippen molar-refractivity contribution >= 4 is 23.4 Å². The first-order chi connectivity index (χ1) is 11.7. The van der Waals surface area contributed by atoms with Crippen molar-refractivity contribution in [3.8, 4) is 0 Å². The maximum absolute atomic E-state index is 12.2. The van der Waals surface area contributed by atoms with Crippen molar-refractivity contribution < 1.29 is 4.79 Å². The smallest absolute Gasteiger partial charge is 0.230 e. The Balaban J connectivity index is 1.59. The number of aromatic nitrogens is 2. The van der Waals surface area contributed by atoms with Gasteiger partial charge >= 0.3 is 0 Å². The fourth-order valence-electron chi connectivity index (χ4n) is 3.01. The van der Waals surface area contributed by atoms with Gasteiger partial charge in [0.15, 0.2) is 0 Å². The lowest BCUT2D eigenvalue weighted by Crippen LogP contribution is -2.16. The normalized spacial score (nSPS) is 15.2. The standard InChI is InChI=1S/C19H23N3OS/c1-14-11-17(24-16-5-3-2-4-6-16)7-8-18(14)22-19(23)12-15-13-20-9-10-21-15/h7-11,13,16H,2-6,12H2,1H3,(H,22,23). The van der Waals surface area contributed by atoms with Crippen LogP contribution in [0.1, 0.15) is 43.4 Å². The molecule has 0 aliphatic heterocycles. The van der Waals surface area contributed by atoms with Crippen LogP contribution < -0.4 is 5.32 Å². The second kappa shape index (κ2) is 8.29. The molecular formula is C19H23N3OS. The van der Waals surface area contributed by atoms with Crippen LogP contribution in [0.25, 0.3) is 0 Å². The van der Waals surface area contributed by atoms with Gasteiger partial charge < -0.3 is 5.32 Å². The summed E-state index contributed by atoms with van der Waals surface area (Å²) in [6, 6.07) is 6.30. The first kappa shape index (κ1) is 17.0. The summed E-state index contributed by atoms with van der Waals surface area (Å²) in [5.41, 5.74) is 2.65. The van der Waals surface area contributed by atoms with Crippen molar-refractivity contribution in [2.75, 3.05) is 5.32 Å². The molecule has 3 rings (SSSR count). The van der Waals surface area contributed by atoms with Gasteiger partial charge in [0.2, 0.25) is 5.91 Å². The third kappa shape index (κ3) is 4.81. The Morgan fingerprint density at radius 2 is 2.08 bits per heavy atom. The Hall–Kier alpha value is -1.88. The van der Waals surface area contributed by atoms with Gasteiger partial charge in [-0.1, -0.05) is 19.3 Å². The molecule has 1 aliphatic carbocycles. The molecule has 0 radical (unpaired) electrons. The summed E-state index contributed by atoms with van der Waals surface area (Å²) in [6.07, 6.45) is 11.8. The summed E-state index contributed by atoms with van der Waals surface area (Å²) in [7, 11) is 0. The van der Waals surface area contributed by atoms with E-state index in [9.17, 15) is 4.79 Å². The highest BCUT2D eigenvalue weighted by Gasteiger charge is 2.15. The van der Waals surface area contributed by atoms with E-state index in [4.69, 9.17) is 0 Å². The molecule has 1 saturated carbocycles. The van der Waals surface area contributed by atoms with E-state index in [0.717, 1.165) is 16.5 Å². The Bertz CT molecular complexity index is 684. The van der Waals surface area contributed by atoms with Crippen LogP contribution >= 0.6 is 11.8 Å². The molecule has 0 saturated heterocycles. The highest BCUT2D eigenvalue weighted by atomic mass is 32.2. The number of nitrogens with zero attached hydrogens (tertiary/aromatic N) is 2. The van der Waals surface area contributed by atoms with Crippen molar-refractivity contribution in [2.45, 2.75) is 55.6 Å². The Kier molecular flexibility index (Phi) is 5.86. The number of carbonyl (C=O) groups excluding carboxylic acids is 1. The van der Waals surface area contributed by atoms with Crippen molar-refractivity contribution in [3.63, 3.8) is 0 Å². The Morgan fingerprint density at radius 3 is 2.79 bits per heavy atom. The molecule has 1 aromatic heterocycles. The molecule has 1 fully saturated rings. The minimum atomic E-state index is -0.0636. The van der Waals surface area contributed by atoms with Crippen LogP contribution in [-0.4, -0.2) is 21.1 Å². The van der Waals surface area contributed by atoms with Crippen molar-refractivity contribution in [1.82, 2.24) is 9.97 Å². The number of rotatable bonds is 5. The number of hydrogen-bond acceptors (Lipinski definition) is 4. The third-order valence-corrected chi connectivity index (χ3v) is 5.62. The molecule has 1 aliphatic rings. The molecule has 1 heterocycles. The van der Waals surface area contributed by atoms with Gasteiger partial charge in [0.25, 0.3) is 0 Å². The lowest BCUT2D eigenvalue weighted by molar-refractivity contribution is -0.115. The number of nitrogens with one attached hydrogen (secondary N) is 1. The lowest BCUT2D eigenvalue weighted by atomic mass is 10.0. The van der Waals surface area contributed by atoms with E-state index in [1.807, 2.05) is 24.8 Å². The summed E-state index contributed by atoms with van der Waals surface area (Å²) in [5.74, 6) is -0.0636. The largest absolute Gasteiger partial charge is 0.326 e. The number of amides is 1. The van der Waals surface area contributed by atoms with Gasteiger partial charge in [-0.2, -0.15) is 0 Å². The van der Waals surface area contributed by atoms with Gasteiger partial charge in [-0.05, 0) is 43.5 Å². The third-order valence-electron chi connectivity index (χ3n) is 4.29. The minimum absolute atomic E-state index is 0.0636. The molecule has 1 N–H and O–H groups in total. The second-order valence-electron chi connectivity index (χ2n) is 6.28. The Morgan fingerprint density at radius 1 is 1.25 bits per heavy atom. The molecule has 4 nitrogen and oxygen atoms in total. The van der Waals surface area contributed by atoms with E-state index in [2.05, 4.69) is 27.4 Å². The summed E-state index contributed by atoms with van der Waals surface area (Å²) in [5, 5.41) is 3.72.